The van der Waals surface area contributed by atoms with E-state index in [0.29, 0.717) is 29.6 Å². The standard InChI is InChI=1S/C16H14Cl2N2O/c17-13-7-12-10-20(5-3-14(12)15(18)8-13)16(21)6-11-2-1-4-19-9-11/h1-2,4,7-9H,3,5-6,10H2. The molecule has 0 fully saturated rings. The van der Waals surface area contributed by atoms with E-state index < -0.39 is 0 Å². The van der Waals surface area contributed by atoms with Gasteiger partial charge >= 0.3 is 0 Å². The van der Waals surface area contributed by atoms with E-state index >= 15 is 0 Å². The van der Waals surface area contributed by atoms with Crippen molar-refractivity contribution in [2.75, 3.05) is 6.54 Å². The van der Waals surface area contributed by atoms with Crippen LogP contribution in [0.1, 0.15) is 16.7 Å². The number of carbonyl (C=O) groups excluding carboxylic acids is 1. The molecule has 0 aliphatic carbocycles. The molecule has 1 aromatic carbocycles. The van der Waals surface area contributed by atoms with Crippen molar-refractivity contribution in [3.63, 3.8) is 0 Å². The monoisotopic (exact) mass is 320 g/mol. The van der Waals surface area contributed by atoms with Crippen LogP contribution in [-0.2, 0) is 24.2 Å². The molecule has 0 saturated carbocycles. The molecule has 2 heterocycles. The Hall–Kier alpha value is -1.58. The lowest BCUT2D eigenvalue weighted by Crippen LogP contribution is -2.37. The Morgan fingerprint density at radius 1 is 1.33 bits per heavy atom. The van der Waals surface area contributed by atoms with Gasteiger partial charge in [-0.15, -0.1) is 0 Å². The molecule has 1 aromatic heterocycles. The number of aromatic nitrogens is 1. The van der Waals surface area contributed by atoms with Gasteiger partial charge in [-0.2, -0.15) is 0 Å². The van der Waals surface area contributed by atoms with Crippen LogP contribution in [0.25, 0.3) is 0 Å². The molecule has 3 nitrogen and oxygen atoms in total. The largest absolute Gasteiger partial charge is 0.338 e. The second-order valence-corrected chi connectivity index (χ2v) is 5.97. The van der Waals surface area contributed by atoms with Gasteiger partial charge in [0.2, 0.25) is 5.91 Å². The minimum atomic E-state index is 0.102. The van der Waals surface area contributed by atoms with E-state index in [1.165, 1.54) is 0 Å². The fourth-order valence-electron chi connectivity index (χ4n) is 2.61. The molecule has 0 atom stereocenters. The molecule has 108 valence electrons. The Labute approximate surface area is 133 Å². The van der Waals surface area contributed by atoms with Crippen molar-refractivity contribution in [1.82, 2.24) is 9.88 Å². The predicted octanol–water partition coefficient (Wildman–Crippen LogP) is 3.52. The molecule has 0 spiro atoms. The van der Waals surface area contributed by atoms with Crippen LogP contribution < -0.4 is 0 Å². The number of halogens is 2. The molecular weight excluding hydrogens is 307 g/mol. The third-order valence-corrected chi connectivity index (χ3v) is 4.23. The van der Waals surface area contributed by atoms with E-state index in [0.717, 1.165) is 23.1 Å². The first kappa shape index (κ1) is 14.4. The summed E-state index contributed by atoms with van der Waals surface area (Å²) in [5, 5.41) is 1.30. The van der Waals surface area contributed by atoms with Crippen LogP contribution in [0.3, 0.4) is 0 Å². The summed E-state index contributed by atoms with van der Waals surface area (Å²) in [4.78, 5) is 18.3. The van der Waals surface area contributed by atoms with Gasteiger partial charge in [0.25, 0.3) is 0 Å². The number of hydrogen-bond acceptors (Lipinski definition) is 2. The summed E-state index contributed by atoms with van der Waals surface area (Å²) >= 11 is 12.3. The molecule has 21 heavy (non-hydrogen) atoms. The van der Waals surface area contributed by atoms with E-state index in [9.17, 15) is 4.79 Å². The van der Waals surface area contributed by atoms with Crippen molar-refractivity contribution in [1.29, 1.82) is 0 Å². The van der Waals surface area contributed by atoms with Crippen molar-refractivity contribution in [2.24, 2.45) is 0 Å². The first-order valence-corrected chi connectivity index (χ1v) is 7.52. The number of nitrogens with zero attached hydrogens (tertiary/aromatic N) is 2. The smallest absolute Gasteiger partial charge is 0.227 e. The van der Waals surface area contributed by atoms with Gasteiger partial charge in [0.15, 0.2) is 0 Å². The molecule has 5 heteroatoms. The van der Waals surface area contributed by atoms with E-state index in [1.807, 2.05) is 23.1 Å². The second kappa shape index (κ2) is 6.04. The van der Waals surface area contributed by atoms with Gasteiger partial charge in [0.1, 0.15) is 0 Å². The maximum Gasteiger partial charge on any atom is 0.227 e. The minimum Gasteiger partial charge on any atom is -0.338 e. The van der Waals surface area contributed by atoms with Crippen LogP contribution in [0.15, 0.2) is 36.7 Å². The zero-order valence-corrected chi connectivity index (χ0v) is 12.9. The quantitative estimate of drug-likeness (QED) is 0.848. The molecule has 0 saturated heterocycles. The number of fused-ring (bicyclic) bond motifs is 1. The summed E-state index contributed by atoms with van der Waals surface area (Å²) in [6.07, 6.45) is 4.57. The molecule has 0 radical (unpaired) electrons. The van der Waals surface area contributed by atoms with E-state index in [-0.39, 0.29) is 5.91 Å². The summed E-state index contributed by atoms with van der Waals surface area (Å²) in [5.74, 6) is 0.102. The zero-order chi connectivity index (χ0) is 14.8. The maximum atomic E-state index is 12.4. The Balaban J connectivity index is 1.75. The summed E-state index contributed by atoms with van der Waals surface area (Å²) < 4.78 is 0. The van der Waals surface area contributed by atoms with Gasteiger partial charge in [-0.1, -0.05) is 29.3 Å². The number of benzene rings is 1. The fraction of sp³-hybridized carbons (Fsp3) is 0.250. The summed E-state index contributed by atoms with van der Waals surface area (Å²) in [5.41, 5.74) is 3.07. The lowest BCUT2D eigenvalue weighted by molar-refractivity contribution is -0.131. The molecular formula is C16H14Cl2N2O. The van der Waals surface area contributed by atoms with Crippen molar-refractivity contribution in [3.8, 4) is 0 Å². The highest BCUT2D eigenvalue weighted by atomic mass is 35.5. The molecule has 1 aliphatic heterocycles. The second-order valence-electron chi connectivity index (χ2n) is 5.13. The molecule has 3 rings (SSSR count). The number of carbonyl (C=O) groups is 1. The van der Waals surface area contributed by atoms with Gasteiger partial charge in [0.05, 0.1) is 6.42 Å². The normalized spacial score (nSPS) is 13.9. The Morgan fingerprint density at radius 2 is 2.19 bits per heavy atom. The highest BCUT2D eigenvalue weighted by Crippen LogP contribution is 2.30. The molecule has 0 unspecified atom stereocenters. The number of hydrogen-bond donors (Lipinski definition) is 0. The number of pyridine rings is 1. The van der Waals surface area contributed by atoms with Crippen molar-refractivity contribution in [2.45, 2.75) is 19.4 Å². The molecule has 0 N–H and O–H groups in total. The first-order chi connectivity index (χ1) is 10.1. The topological polar surface area (TPSA) is 33.2 Å². The van der Waals surface area contributed by atoms with Gasteiger partial charge in [0, 0.05) is 35.5 Å². The van der Waals surface area contributed by atoms with Crippen LogP contribution in [0.5, 0.6) is 0 Å². The predicted molar refractivity (Wildman–Crippen MR) is 83.5 cm³/mol. The Kier molecular flexibility index (Phi) is 4.13. The Morgan fingerprint density at radius 3 is 2.95 bits per heavy atom. The summed E-state index contributed by atoms with van der Waals surface area (Å²) in [7, 11) is 0. The van der Waals surface area contributed by atoms with Crippen LogP contribution in [0, 0.1) is 0 Å². The molecule has 2 aromatic rings. The van der Waals surface area contributed by atoms with Gasteiger partial charge < -0.3 is 4.90 Å². The number of rotatable bonds is 2. The minimum absolute atomic E-state index is 0.102. The van der Waals surface area contributed by atoms with Gasteiger partial charge in [-0.05, 0) is 41.3 Å². The third kappa shape index (κ3) is 3.20. The van der Waals surface area contributed by atoms with E-state index in [2.05, 4.69) is 4.98 Å². The lowest BCUT2D eigenvalue weighted by atomic mass is 9.99. The third-order valence-electron chi connectivity index (χ3n) is 3.68. The number of amides is 1. The zero-order valence-electron chi connectivity index (χ0n) is 11.4. The first-order valence-electron chi connectivity index (χ1n) is 6.77. The SMILES string of the molecule is O=C(Cc1cccnc1)N1CCc2c(Cl)cc(Cl)cc2C1. The van der Waals surface area contributed by atoms with Crippen LogP contribution >= 0.6 is 23.2 Å². The fourth-order valence-corrected chi connectivity index (χ4v) is 3.24. The van der Waals surface area contributed by atoms with E-state index in [4.69, 9.17) is 23.2 Å². The highest BCUT2D eigenvalue weighted by molar-refractivity contribution is 6.35. The van der Waals surface area contributed by atoms with Gasteiger partial charge in [-0.3, -0.25) is 9.78 Å². The average molecular weight is 321 g/mol. The highest BCUT2D eigenvalue weighted by Gasteiger charge is 2.22. The van der Waals surface area contributed by atoms with Crippen molar-refractivity contribution in [3.05, 3.63) is 63.4 Å². The average Bonchev–Trinajstić information content (AvgIpc) is 2.47. The molecule has 1 amide bonds. The van der Waals surface area contributed by atoms with E-state index in [1.54, 1.807) is 18.5 Å². The molecule has 1 aliphatic rings. The summed E-state index contributed by atoms with van der Waals surface area (Å²) in [6, 6.07) is 7.41. The Bertz CT molecular complexity index is 673. The maximum absolute atomic E-state index is 12.4. The van der Waals surface area contributed by atoms with Crippen LogP contribution in [0.4, 0.5) is 0 Å². The van der Waals surface area contributed by atoms with Crippen molar-refractivity contribution < 1.29 is 4.79 Å². The van der Waals surface area contributed by atoms with Crippen molar-refractivity contribution >= 4 is 29.1 Å². The summed E-state index contributed by atoms with van der Waals surface area (Å²) in [6.45, 7) is 1.25. The van der Waals surface area contributed by atoms with Gasteiger partial charge in [-0.25, -0.2) is 0 Å². The molecule has 0 bridgehead atoms. The lowest BCUT2D eigenvalue weighted by Gasteiger charge is -2.29. The van der Waals surface area contributed by atoms with Crippen LogP contribution in [-0.4, -0.2) is 22.3 Å². The van der Waals surface area contributed by atoms with Crippen LogP contribution in [0.2, 0.25) is 10.0 Å².